The highest BCUT2D eigenvalue weighted by atomic mass is 16.5. The van der Waals surface area contributed by atoms with E-state index in [1.807, 2.05) is 32.0 Å². The van der Waals surface area contributed by atoms with E-state index in [9.17, 15) is 19.2 Å². The zero-order valence-corrected chi connectivity index (χ0v) is 25.6. The van der Waals surface area contributed by atoms with Crippen LogP contribution < -0.4 is 10.6 Å². The van der Waals surface area contributed by atoms with Crippen LogP contribution in [0.1, 0.15) is 68.1 Å². The number of hydrogen-bond donors (Lipinski definition) is 2. The summed E-state index contributed by atoms with van der Waals surface area (Å²) in [6.45, 7) is 7.15. The molecule has 3 aliphatic rings. The first-order valence-electron chi connectivity index (χ1n) is 15.6. The molecule has 1 saturated heterocycles. The van der Waals surface area contributed by atoms with Crippen molar-refractivity contribution in [2.45, 2.75) is 71.3 Å². The SMILES string of the molecule is CC(C)C(=O)C1CC(NC(=O)CCOCC2CCC(COCCNC(=O)[C@H]3CC(=O)N(C)C3)CC2)C1.[HH].[HH].c1ccncc1. The lowest BCUT2D eigenvalue weighted by Gasteiger charge is -2.35. The van der Waals surface area contributed by atoms with Crippen LogP contribution >= 0.6 is 0 Å². The Balaban J connectivity index is 0.00000108. The number of hydrogen-bond acceptors (Lipinski definition) is 7. The van der Waals surface area contributed by atoms with Gasteiger partial charge in [0.05, 0.1) is 19.1 Å². The second-order valence-corrected chi connectivity index (χ2v) is 12.3. The average molecular weight is 591 g/mol. The van der Waals surface area contributed by atoms with Crippen LogP contribution in [0.5, 0.6) is 0 Å². The van der Waals surface area contributed by atoms with Crippen LogP contribution in [0.4, 0.5) is 0 Å². The van der Waals surface area contributed by atoms with Gasteiger partial charge >= 0.3 is 0 Å². The fraction of sp³-hybridized carbons (Fsp3) is 0.719. The molecule has 10 nitrogen and oxygen atoms in total. The minimum absolute atomic E-state index is 0. The number of ether oxygens (including phenoxy) is 2. The fourth-order valence-corrected chi connectivity index (χ4v) is 5.71. The number of rotatable bonds is 14. The molecule has 0 spiro atoms. The lowest BCUT2D eigenvalue weighted by Crippen LogP contribution is -2.47. The molecule has 0 aromatic carbocycles. The van der Waals surface area contributed by atoms with Crippen molar-refractivity contribution < 1.29 is 31.5 Å². The molecule has 238 valence electrons. The Morgan fingerprint density at radius 1 is 0.976 bits per heavy atom. The van der Waals surface area contributed by atoms with Gasteiger partial charge < -0.3 is 25.0 Å². The summed E-state index contributed by atoms with van der Waals surface area (Å²) in [4.78, 5) is 53.1. The first kappa shape index (κ1) is 33.6. The number of pyridine rings is 1. The van der Waals surface area contributed by atoms with Crippen LogP contribution in [0.25, 0.3) is 0 Å². The summed E-state index contributed by atoms with van der Waals surface area (Å²) in [5.41, 5.74) is 0. The third-order valence-corrected chi connectivity index (χ3v) is 8.45. The van der Waals surface area contributed by atoms with Crippen molar-refractivity contribution in [3.05, 3.63) is 30.6 Å². The molecule has 2 N–H and O–H groups in total. The van der Waals surface area contributed by atoms with Gasteiger partial charge in [-0.3, -0.25) is 24.2 Å². The number of nitrogens with zero attached hydrogens (tertiary/aromatic N) is 2. The normalized spacial score (nSPS) is 25.3. The highest BCUT2D eigenvalue weighted by Crippen LogP contribution is 2.31. The molecule has 3 amide bonds. The molecule has 1 aliphatic heterocycles. The summed E-state index contributed by atoms with van der Waals surface area (Å²) < 4.78 is 11.6. The smallest absolute Gasteiger partial charge is 0.225 e. The number of carbonyl (C=O) groups is 4. The molecule has 2 saturated carbocycles. The molecule has 2 heterocycles. The Kier molecular flexibility index (Phi) is 14.4. The number of aromatic nitrogens is 1. The maximum absolute atomic E-state index is 12.1. The van der Waals surface area contributed by atoms with Gasteiger partial charge in [-0.2, -0.15) is 0 Å². The molecule has 1 atom stereocenters. The summed E-state index contributed by atoms with van der Waals surface area (Å²) in [7, 11) is 1.73. The van der Waals surface area contributed by atoms with Gasteiger partial charge in [0, 0.05) is 79.3 Å². The Morgan fingerprint density at radius 2 is 1.60 bits per heavy atom. The van der Waals surface area contributed by atoms with E-state index in [1.165, 1.54) is 0 Å². The third kappa shape index (κ3) is 11.8. The molecule has 10 heteroatoms. The molecule has 0 bridgehead atoms. The maximum Gasteiger partial charge on any atom is 0.225 e. The van der Waals surface area contributed by atoms with E-state index in [0.29, 0.717) is 70.0 Å². The first-order valence-corrected chi connectivity index (χ1v) is 15.6. The number of carbonyl (C=O) groups excluding carboxylic acids is 4. The van der Waals surface area contributed by atoms with Gasteiger partial charge in [-0.05, 0) is 62.5 Å². The number of Topliss-reactive ketones (excluding diaryl/α,β-unsaturated/α-hetero) is 1. The quantitative estimate of drug-likeness (QED) is 0.318. The van der Waals surface area contributed by atoms with E-state index in [0.717, 1.165) is 38.5 Å². The van der Waals surface area contributed by atoms with Crippen molar-refractivity contribution in [2.24, 2.45) is 29.6 Å². The Labute approximate surface area is 253 Å². The highest BCUT2D eigenvalue weighted by molar-refractivity contribution is 5.89. The molecular weight excluding hydrogens is 536 g/mol. The first-order chi connectivity index (χ1) is 20.2. The van der Waals surface area contributed by atoms with Gasteiger partial charge in [-0.25, -0.2) is 0 Å². The molecule has 1 aromatic rings. The zero-order valence-electron chi connectivity index (χ0n) is 25.6. The summed E-state index contributed by atoms with van der Waals surface area (Å²) in [5.74, 6) is 1.29. The minimum Gasteiger partial charge on any atom is -0.381 e. The van der Waals surface area contributed by atoms with Crippen LogP contribution in [0.2, 0.25) is 0 Å². The number of nitrogens with one attached hydrogen (secondary N) is 2. The second kappa shape index (κ2) is 18.0. The van der Waals surface area contributed by atoms with E-state index in [4.69, 9.17) is 9.47 Å². The zero-order chi connectivity index (χ0) is 30.3. The van der Waals surface area contributed by atoms with E-state index in [1.54, 1.807) is 24.3 Å². The van der Waals surface area contributed by atoms with E-state index in [-0.39, 0.29) is 44.4 Å². The summed E-state index contributed by atoms with van der Waals surface area (Å²) in [6, 6.07) is 5.85. The van der Waals surface area contributed by atoms with Gasteiger partial charge in [0.2, 0.25) is 17.7 Å². The van der Waals surface area contributed by atoms with Crippen molar-refractivity contribution in [2.75, 3.05) is 46.6 Å². The van der Waals surface area contributed by atoms with Crippen LogP contribution in [0.15, 0.2) is 30.6 Å². The Bertz CT molecular complexity index is 962. The third-order valence-electron chi connectivity index (χ3n) is 8.45. The van der Waals surface area contributed by atoms with E-state index >= 15 is 0 Å². The molecule has 1 aromatic heterocycles. The van der Waals surface area contributed by atoms with Crippen molar-refractivity contribution in [3.8, 4) is 0 Å². The van der Waals surface area contributed by atoms with Gasteiger partial charge in [0.15, 0.2) is 0 Å². The molecule has 3 fully saturated rings. The monoisotopic (exact) mass is 590 g/mol. The average Bonchev–Trinajstić information content (AvgIpc) is 3.32. The molecule has 0 unspecified atom stereocenters. The standard InChI is InChI=1S/C27H45N3O6.C5H5N.2H2/c1-18(2)26(33)21-12-23(13-21)29-24(31)8-10-35-16-19-4-6-20(7-5-19)17-36-11-9-28-27(34)22-14-25(32)30(3)15-22;1-2-4-6-5-3-1;;/h18-23H,4-17H2,1-3H3,(H,28,34)(H,29,31);1-5H;2*1H/t19?,20?,21?,22-,23?;;;/m0.../s1. The van der Waals surface area contributed by atoms with Crippen LogP contribution in [-0.4, -0.2) is 86.0 Å². The second-order valence-electron chi connectivity index (χ2n) is 12.3. The summed E-state index contributed by atoms with van der Waals surface area (Å²) >= 11 is 0. The van der Waals surface area contributed by atoms with Crippen LogP contribution in [0, 0.1) is 29.6 Å². The van der Waals surface area contributed by atoms with Crippen molar-refractivity contribution in [3.63, 3.8) is 0 Å². The van der Waals surface area contributed by atoms with Gasteiger partial charge in [0.25, 0.3) is 0 Å². The number of amides is 3. The predicted octanol–water partition coefficient (Wildman–Crippen LogP) is 3.50. The Hall–Kier alpha value is -2.85. The molecule has 42 heavy (non-hydrogen) atoms. The summed E-state index contributed by atoms with van der Waals surface area (Å²) in [6.07, 6.45) is 10.1. The summed E-state index contributed by atoms with van der Waals surface area (Å²) in [5, 5.41) is 5.89. The van der Waals surface area contributed by atoms with Crippen molar-refractivity contribution in [1.29, 1.82) is 0 Å². The maximum atomic E-state index is 12.1. The number of ketones is 1. The van der Waals surface area contributed by atoms with Gasteiger partial charge in [-0.1, -0.05) is 19.9 Å². The minimum atomic E-state index is -0.244. The predicted molar refractivity (Wildman–Crippen MR) is 163 cm³/mol. The Morgan fingerprint density at radius 3 is 2.10 bits per heavy atom. The van der Waals surface area contributed by atoms with Crippen LogP contribution in [-0.2, 0) is 28.7 Å². The topological polar surface area (TPSA) is 127 Å². The van der Waals surface area contributed by atoms with Gasteiger partial charge in [-0.15, -0.1) is 0 Å². The largest absolute Gasteiger partial charge is 0.381 e. The lowest BCUT2D eigenvalue weighted by molar-refractivity contribution is -0.131. The van der Waals surface area contributed by atoms with Crippen molar-refractivity contribution >= 4 is 23.5 Å². The molecular formula is C32H54N4O6. The molecule has 4 rings (SSSR count). The number of likely N-dealkylation sites (tertiary alicyclic amines) is 1. The molecule has 0 radical (unpaired) electrons. The van der Waals surface area contributed by atoms with Crippen molar-refractivity contribution in [1.82, 2.24) is 20.5 Å². The lowest BCUT2D eigenvalue weighted by atomic mass is 9.75. The highest BCUT2D eigenvalue weighted by Gasteiger charge is 2.36. The van der Waals surface area contributed by atoms with Gasteiger partial charge in [0.1, 0.15) is 5.78 Å². The van der Waals surface area contributed by atoms with E-state index < -0.39 is 0 Å². The van der Waals surface area contributed by atoms with Crippen LogP contribution in [0.3, 0.4) is 0 Å². The van der Waals surface area contributed by atoms with E-state index in [2.05, 4.69) is 15.6 Å². The fourth-order valence-electron chi connectivity index (χ4n) is 5.71. The molecule has 2 aliphatic carbocycles.